The minimum Gasteiger partial charge on any atom is -0.454 e. The first-order chi connectivity index (χ1) is 24.4. The van der Waals surface area contributed by atoms with Gasteiger partial charge in [-0.1, -0.05) is 57.9 Å². The maximum atomic E-state index is 15.6. The van der Waals surface area contributed by atoms with Crippen LogP contribution in [0.15, 0.2) is 82.7 Å². The summed E-state index contributed by atoms with van der Waals surface area (Å²) < 4.78 is 37.3. The van der Waals surface area contributed by atoms with Crippen molar-refractivity contribution in [3.05, 3.63) is 107 Å². The van der Waals surface area contributed by atoms with Crippen LogP contribution in [-0.2, 0) is 23.2 Å². The summed E-state index contributed by atoms with van der Waals surface area (Å²) in [4.78, 5) is 23.6. The average Bonchev–Trinajstić information content (AvgIpc) is 3.59. The lowest BCUT2D eigenvalue weighted by Gasteiger charge is -2.31. The SMILES string of the molecule is CN=C1N=C(N)C(C)(c2cccc(CC(C)C=O)c2)CCCCC(C)(C)/C(N)=C/NCc2c(c(F)cc3[nH]ccc23)Oc2ccc(F)c1c2.CO. The van der Waals surface area contributed by atoms with E-state index >= 15 is 8.78 Å². The van der Waals surface area contributed by atoms with Crippen LogP contribution in [0.25, 0.3) is 10.9 Å². The zero-order valence-corrected chi connectivity index (χ0v) is 30.3. The molecule has 3 aromatic carbocycles. The Morgan fingerprint density at radius 3 is 2.51 bits per heavy atom. The Labute approximate surface area is 298 Å². The van der Waals surface area contributed by atoms with E-state index in [4.69, 9.17) is 26.3 Å². The number of hydrogen-bond acceptors (Lipinski definition) is 7. The first kappa shape index (κ1) is 38.8. The number of nitrogens with zero attached hydrogens (tertiary/aromatic N) is 2. The molecular formula is C40H50F2N6O3. The van der Waals surface area contributed by atoms with E-state index in [2.05, 4.69) is 35.2 Å². The fraction of sp³-hybridized carbons (Fsp3) is 0.375. The minimum atomic E-state index is -0.749. The number of ether oxygens (including phenoxy) is 1. The van der Waals surface area contributed by atoms with Crippen LogP contribution >= 0.6 is 0 Å². The van der Waals surface area contributed by atoms with Crippen LogP contribution in [0.5, 0.6) is 11.5 Å². The van der Waals surface area contributed by atoms with Gasteiger partial charge in [-0.3, -0.25) is 4.99 Å². The van der Waals surface area contributed by atoms with Gasteiger partial charge in [0.1, 0.15) is 23.7 Å². The summed E-state index contributed by atoms with van der Waals surface area (Å²) in [5.74, 6) is -0.722. The number of aliphatic hydroxyl groups is 1. The molecule has 1 aliphatic rings. The highest BCUT2D eigenvalue weighted by atomic mass is 19.1. The molecule has 0 amide bonds. The van der Waals surface area contributed by atoms with E-state index in [1.54, 1.807) is 12.4 Å². The summed E-state index contributed by atoms with van der Waals surface area (Å²) in [6.45, 7) is 8.35. The van der Waals surface area contributed by atoms with Crippen LogP contribution < -0.4 is 21.5 Å². The summed E-state index contributed by atoms with van der Waals surface area (Å²) in [6, 6.07) is 15.4. The van der Waals surface area contributed by atoms with Gasteiger partial charge in [-0.2, -0.15) is 0 Å². The van der Waals surface area contributed by atoms with Crippen molar-refractivity contribution in [2.24, 2.45) is 32.8 Å². The van der Waals surface area contributed by atoms with E-state index in [0.29, 0.717) is 29.6 Å². The number of nitrogens with two attached hydrogens (primary N) is 2. The number of fused-ring (bicyclic) bond motifs is 5. The van der Waals surface area contributed by atoms with Gasteiger partial charge in [0.25, 0.3) is 0 Å². The van der Waals surface area contributed by atoms with Crippen molar-refractivity contribution in [2.45, 2.75) is 71.8 Å². The standard InChI is InChI=1S/C39H46F2N6O2.CH4O/c1-24(23-48)17-25-9-8-10-26(18-25)39(4)15-7-6-14-38(2,3)34(42)22-45-21-30-28-13-16-46-33(28)20-32(41)35(30)49-27-11-12-31(40)29(19-27)36(44-5)47-37(39)43;1-2/h8-13,16,18-20,22-24,45-46H,6-7,14-15,17,21,42H2,1-5H3,(H2,43,44,47);2H,1H3/b34-22-;. The van der Waals surface area contributed by atoms with E-state index in [-0.39, 0.29) is 46.6 Å². The molecule has 4 aromatic rings. The third-order valence-electron chi connectivity index (χ3n) is 9.67. The first-order valence-corrected chi connectivity index (χ1v) is 17.1. The van der Waals surface area contributed by atoms with Crippen molar-refractivity contribution >= 4 is 28.9 Å². The van der Waals surface area contributed by atoms with Gasteiger partial charge in [-0.05, 0) is 61.6 Å². The largest absolute Gasteiger partial charge is 0.454 e. The number of nitrogens with one attached hydrogen (secondary N) is 2. The number of aliphatic hydroxyl groups excluding tert-OH is 1. The number of rotatable bonds is 4. The Bertz CT molecular complexity index is 1930. The number of aromatic amines is 1. The van der Waals surface area contributed by atoms with E-state index in [1.807, 2.05) is 38.1 Å². The fourth-order valence-electron chi connectivity index (χ4n) is 6.36. The number of aliphatic imine (C=N–C) groups is 2. The Hall–Kier alpha value is -5.03. The molecule has 5 rings (SSSR count). The molecule has 2 unspecified atom stereocenters. The van der Waals surface area contributed by atoms with Crippen molar-refractivity contribution < 1.29 is 23.4 Å². The van der Waals surface area contributed by atoms with Gasteiger partial charge < -0.3 is 36.4 Å². The van der Waals surface area contributed by atoms with E-state index in [9.17, 15) is 4.79 Å². The number of carbonyl (C=O) groups is 1. The molecule has 0 aliphatic carbocycles. The summed E-state index contributed by atoms with van der Waals surface area (Å²) >= 11 is 0. The summed E-state index contributed by atoms with van der Waals surface area (Å²) in [7, 11) is 2.52. The lowest BCUT2D eigenvalue weighted by molar-refractivity contribution is -0.110. The van der Waals surface area contributed by atoms with Gasteiger partial charge >= 0.3 is 0 Å². The van der Waals surface area contributed by atoms with Crippen LogP contribution in [0.3, 0.4) is 0 Å². The third-order valence-corrected chi connectivity index (χ3v) is 9.67. The number of amidine groups is 2. The highest BCUT2D eigenvalue weighted by Gasteiger charge is 2.33. The third kappa shape index (κ3) is 8.83. The highest BCUT2D eigenvalue weighted by Crippen LogP contribution is 2.37. The number of carbonyl (C=O) groups excluding carboxylic acids is 1. The van der Waals surface area contributed by atoms with Gasteiger partial charge in [0, 0.05) is 78.1 Å². The lowest BCUT2D eigenvalue weighted by Crippen LogP contribution is -2.39. The zero-order valence-electron chi connectivity index (χ0n) is 30.3. The van der Waals surface area contributed by atoms with Gasteiger partial charge in [-0.15, -0.1) is 0 Å². The molecule has 7 N–H and O–H groups in total. The van der Waals surface area contributed by atoms with Crippen molar-refractivity contribution in [2.75, 3.05) is 14.2 Å². The molecule has 9 nitrogen and oxygen atoms in total. The van der Waals surface area contributed by atoms with Gasteiger partial charge in [0.05, 0.1) is 5.56 Å². The van der Waals surface area contributed by atoms with Gasteiger partial charge in [0.2, 0.25) is 0 Å². The number of aldehydes is 1. The average molecular weight is 701 g/mol. The van der Waals surface area contributed by atoms with Gasteiger partial charge in [0.15, 0.2) is 17.4 Å². The molecule has 2 heterocycles. The molecule has 272 valence electrons. The minimum absolute atomic E-state index is 0.00987. The molecule has 51 heavy (non-hydrogen) atoms. The Morgan fingerprint density at radius 2 is 1.78 bits per heavy atom. The fourth-order valence-corrected chi connectivity index (χ4v) is 6.36. The van der Waals surface area contributed by atoms with Gasteiger partial charge in [-0.25, -0.2) is 13.8 Å². The smallest absolute Gasteiger partial charge is 0.168 e. The molecule has 0 saturated carbocycles. The lowest BCUT2D eigenvalue weighted by atomic mass is 9.75. The Morgan fingerprint density at radius 1 is 1.04 bits per heavy atom. The number of H-pyrrole nitrogens is 1. The van der Waals surface area contributed by atoms with E-state index in [1.165, 1.54) is 31.3 Å². The van der Waals surface area contributed by atoms with Crippen LogP contribution in [0.4, 0.5) is 8.78 Å². The maximum absolute atomic E-state index is 15.6. The number of aromatic nitrogens is 1. The maximum Gasteiger partial charge on any atom is 0.168 e. The zero-order chi connectivity index (χ0) is 37.3. The molecule has 1 aromatic heterocycles. The molecule has 0 spiro atoms. The number of hydrogen-bond donors (Lipinski definition) is 5. The normalized spacial score (nSPS) is 20.8. The monoisotopic (exact) mass is 700 g/mol. The molecule has 0 radical (unpaired) electrons. The molecule has 2 atom stereocenters. The van der Waals surface area contributed by atoms with Crippen molar-refractivity contribution in [1.82, 2.24) is 10.3 Å². The number of halogens is 2. The number of allylic oxidation sites excluding steroid dienone is 1. The van der Waals surface area contributed by atoms with Crippen molar-refractivity contribution in [3.8, 4) is 11.5 Å². The highest BCUT2D eigenvalue weighted by molar-refractivity contribution is 6.09. The van der Waals surface area contributed by atoms with Crippen LogP contribution in [0.1, 0.15) is 75.6 Å². The van der Waals surface area contributed by atoms with Crippen molar-refractivity contribution in [1.29, 1.82) is 0 Å². The van der Waals surface area contributed by atoms with Crippen LogP contribution in [-0.4, -0.2) is 42.2 Å². The Balaban J connectivity index is 0.00000286. The summed E-state index contributed by atoms with van der Waals surface area (Å²) in [5.41, 5.74) is 16.3. The van der Waals surface area contributed by atoms with Crippen molar-refractivity contribution in [3.63, 3.8) is 0 Å². The second-order valence-electron chi connectivity index (χ2n) is 13.8. The first-order valence-electron chi connectivity index (χ1n) is 17.1. The van der Waals surface area contributed by atoms with E-state index in [0.717, 1.165) is 49.2 Å². The quantitative estimate of drug-likeness (QED) is 0.140. The molecule has 1 aliphatic heterocycles. The second-order valence-corrected chi connectivity index (χ2v) is 13.8. The predicted molar refractivity (Wildman–Crippen MR) is 201 cm³/mol. The molecule has 2 bridgehead atoms. The second kappa shape index (κ2) is 16.8. The number of benzene rings is 3. The molecule has 0 fully saturated rings. The molecular weight excluding hydrogens is 650 g/mol. The van der Waals surface area contributed by atoms with Crippen LogP contribution in [0, 0.1) is 23.0 Å². The predicted octanol–water partition coefficient (Wildman–Crippen LogP) is 7.41. The summed E-state index contributed by atoms with van der Waals surface area (Å²) in [5, 5.41) is 11.1. The molecule has 11 heteroatoms. The summed E-state index contributed by atoms with van der Waals surface area (Å²) in [6.07, 6.45) is 8.17. The molecule has 0 saturated heterocycles. The topological polar surface area (TPSA) is 151 Å². The van der Waals surface area contributed by atoms with Crippen LogP contribution in [0.2, 0.25) is 0 Å². The Kier molecular flexibility index (Phi) is 12.8. The van der Waals surface area contributed by atoms with E-state index < -0.39 is 17.0 Å².